The van der Waals surface area contributed by atoms with Crippen molar-refractivity contribution < 1.29 is 54.7 Å². The van der Waals surface area contributed by atoms with Crippen molar-refractivity contribution in [2.45, 2.75) is 121 Å². The lowest BCUT2D eigenvalue weighted by Gasteiger charge is -2.41. The fraction of sp³-hybridized carbons (Fsp3) is 0.917. The van der Waals surface area contributed by atoms with Crippen LogP contribution in [0.3, 0.4) is 0 Å². The third-order valence-electron chi connectivity index (χ3n) is 7.38. The summed E-state index contributed by atoms with van der Waals surface area (Å²) in [6, 6.07) is 0. The monoisotopic (exact) mass is 506 g/mol. The Labute approximate surface area is 205 Å². The van der Waals surface area contributed by atoms with Crippen molar-refractivity contribution >= 4 is 0 Å². The van der Waals surface area contributed by atoms with Crippen LogP contribution in [0.15, 0.2) is 11.1 Å². The van der Waals surface area contributed by atoms with Crippen LogP contribution in [0.1, 0.15) is 53.4 Å². The minimum absolute atomic E-state index is 0.124. The molecule has 0 amide bonds. The zero-order valence-corrected chi connectivity index (χ0v) is 20.9. The smallest absolute Gasteiger partial charge is 0.186 e. The third kappa shape index (κ3) is 6.60. The highest BCUT2D eigenvalue weighted by atomic mass is 16.7. The molecule has 0 radical (unpaired) electrons. The molecule has 3 rings (SSSR count). The molecule has 11 heteroatoms. The maximum absolute atomic E-state index is 10.4. The SMILES string of the molecule is CC1=C(CC[C@@H](C)O[C@@H]2O[C@H](CO[C@H]3O[C@H](CO)[C@H](O)[C@@H]3O)[C@H](O)[C@H](O)[C@H]2O)C(C)(C)C[C@@H](O)C1. The van der Waals surface area contributed by atoms with Gasteiger partial charge in [0.2, 0.25) is 0 Å². The Hall–Kier alpha value is -0.700. The first-order valence-electron chi connectivity index (χ1n) is 12.3. The summed E-state index contributed by atoms with van der Waals surface area (Å²) in [4.78, 5) is 0. The van der Waals surface area contributed by atoms with Gasteiger partial charge in [-0.3, -0.25) is 0 Å². The van der Waals surface area contributed by atoms with Gasteiger partial charge in [0.25, 0.3) is 0 Å². The number of rotatable bonds is 9. The van der Waals surface area contributed by atoms with Crippen molar-refractivity contribution in [2.75, 3.05) is 13.2 Å². The van der Waals surface area contributed by atoms with Crippen LogP contribution in [-0.2, 0) is 18.9 Å². The van der Waals surface area contributed by atoms with Gasteiger partial charge in [0.15, 0.2) is 12.6 Å². The van der Waals surface area contributed by atoms with Crippen LogP contribution in [0, 0.1) is 5.41 Å². The zero-order chi connectivity index (χ0) is 26.1. The van der Waals surface area contributed by atoms with E-state index in [0.29, 0.717) is 19.3 Å². The van der Waals surface area contributed by atoms with Crippen LogP contribution in [0.25, 0.3) is 0 Å². The second-order valence-corrected chi connectivity index (χ2v) is 10.7. The molecule has 0 bridgehead atoms. The first kappa shape index (κ1) is 28.9. The third-order valence-corrected chi connectivity index (χ3v) is 7.38. The van der Waals surface area contributed by atoms with Crippen LogP contribution in [0.5, 0.6) is 0 Å². The Bertz CT molecular complexity index is 728. The lowest BCUT2D eigenvalue weighted by atomic mass is 9.70. The van der Waals surface area contributed by atoms with Gasteiger partial charge in [-0.2, -0.15) is 0 Å². The van der Waals surface area contributed by atoms with E-state index in [1.807, 2.05) is 13.8 Å². The van der Waals surface area contributed by atoms with Gasteiger partial charge in [0.05, 0.1) is 25.4 Å². The molecule has 2 aliphatic heterocycles. The highest BCUT2D eigenvalue weighted by Crippen LogP contribution is 2.42. The largest absolute Gasteiger partial charge is 0.394 e. The normalized spacial score (nSPS) is 42.9. The molecule has 0 aromatic heterocycles. The van der Waals surface area contributed by atoms with Gasteiger partial charge in [-0.25, -0.2) is 0 Å². The van der Waals surface area contributed by atoms with Gasteiger partial charge >= 0.3 is 0 Å². The number of allylic oxidation sites excluding steroid dienone is 1. The van der Waals surface area contributed by atoms with E-state index in [1.165, 1.54) is 11.1 Å². The Morgan fingerprint density at radius 2 is 1.51 bits per heavy atom. The van der Waals surface area contributed by atoms with E-state index in [1.54, 1.807) is 0 Å². The molecule has 2 fully saturated rings. The minimum Gasteiger partial charge on any atom is -0.394 e. The molecule has 0 unspecified atom stereocenters. The van der Waals surface area contributed by atoms with Gasteiger partial charge in [0.1, 0.15) is 42.7 Å². The molecule has 0 saturated carbocycles. The summed E-state index contributed by atoms with van der Waals surface area (Å²) in [7, 11) is 0. The average molecular weight is 507 g/mol. The fourth-order valence-corrected chi connectivity index (χ4v) is 5.39. The second-order valence-electron chi connectivity index (χ2n) is 10.7. The number of hydrogen-bond acceptors (Lipinski definition) is 11. The van der Waals surface area contributed by atoms with Crippen molar-refractivity contribution in [1.29, 1.82) is 0 Å². The lowest BCUT2D eigenvalue weighted by molar-refractivity contribution is -0.318. The second kappa shape index (κ2) is 11.8. The molecule has 3 aliphatic rings. The Kier molecular flexibility index (Phi) is 9.72. The summed E-state index contributed by atoms with van der Waals surface area (Å²) in [6.07, 6.45) is -9.81. The Morgan fingerprint density at radius 3 is 2.11 bits per heavy atom. The van der Waals surface area contributed by atoms with Crippen LogP contribution >= 0.6 is 0 Å². The van der Waals surface area contributed by atoms with Crippen LogP contribution in [-0.4, -0.2) is 116 Å². The molecule has 0 spiro atoms. The average Bonchev–Trinajstić information content (AvgIpc) is 3.05. The number of aliphatic hydroxyl groups is 7. The van der Waals surface area contributed by atoms with Gasteiger partial charge in [0, 0.05) is 0 Å². The molecule has 7 N–H and O–H groups in total. The van der Waals surface area contributed by atoms with E-state index >= 15 is 0 Å². The van der Waals surface area contributed by atoms with E-state index in [2.05, 4.69) is 13.8 Å². The van der Waals surface area contributed by atoms with E-state index in [9.17, 15) is 35.7 Å². The van der Waals surface area contributed by atoms with Gasteiger partial charge < -0.3 is 54.7 Å². The van der Waals surface area contributed by atoms with Gasteiger partial charge in [-0.15, -0.1) is 0 Å². The lowest BCUT2D eigenvalue weighted by Crippen LogP contribution is -2.60. The number of ether oxygens (including phenoxy) is 4. The molecule has 1 aliphatic carbocycles. The first-order valence-corrected chi connectivity index (χ1v) is 12.3. The van der Waals surface area contributed by atoms with Crippen LogP contribution in [0.2, 0.25) is 0 Å². The Morgan fingerprint density at radius 1 is 0.914 bits per heavy atom. The minimum atomic E-state index is -1.55. The standard InChI is InChI=1S/C24H42O11/c1-11-7-13(26)8-24(3,4)14(11)6-5-12(2)33-23-21(31)19(29)18(28)16(35-23)10-32-22-20(30)17(27)15(9-25)34-22/h12-13,15-23,25-31H,5-10H2,1-4H3/t12-,13+,15-,16-,17+,18+,19+,20+,21-,22+,23-/m1/s1. The van der Waals surface area contributed by atoms with Gasteiger partial charge in [-0.1, -0.05) is 25.0 Å². The van der Waals surface area contributed by atoms with E-state index in [4.69, 9.17) is 18.9 Å². The van der Waals surface area contributed by atoms with Crippen LogP contribution < -0.4 is 0 Å². The summed E-state index contributed by atoms with van der Waals surface area (Å²) in [6.45, 7) is 7.26. The predicted octanol–water partition coefficient (Wildman–Crippen LogP) is -1.07. The van der Waals surface area contributed by atoms with Gasteiger partial charge in [-0.05, 0) is 44.9 Å². The summed E-state index contributed by atoms with van der Waals surface area (Å²) < 4.78 is 22.3. The fourth-order valence-electron chi connectivity index (χ4n) is 5.39. The van der Waals surface area contributed by atoms with Crippen molar-refractivity contribution in [3.05, 3.63) is 11.1 Å². The quantitative estimate of drug-likeness (QED) is 0.189. The topological polar surface area (TPSA) is 179 Å². The summed E-state index contributed by atoms with van der Waals surface area (Å²) in [5.74, 6) is 0. The molecule has 0 aromatic rings. The highest BCUT2D eigenvalue weighted by Gasteiger charge is 2.47. The summed E-state index contributed by atoms with van der Waals surface area (Å²) >= 11 is 0. The highest BCUT2D eigenvalue weighted by molar-refractivity contribution is 5.24. The maximum atomic E-state index is 10.4. The zero-order valence-electron chi connectivity index (χ0n) is 20.9. The molecule has 2 saturated heterocycles. The van der Waals surface area contributed by atoms with E-state index in [-0.39, 0.29) is 24.2 Å². The Balaban J connectivity index is 1.55. The van der Waals surface area contributed by atoms with Crippen LogP contribution in [0.4, 0.5) is 0 Å². The maximum Gasteiger partial charge on any atom is 0.186 e. The predicted molar refractivity (Wildman–Crippen MR) is 122 cm³/mol. The molecule has 11 atom stereocenters. The molecule has 0 aromatic carbocycles. The molecule has 204 valence electrons. The summed E-state index contributed by atoms with van der Waals surface area (Å²) in [5.41, 5.74) is 2.33. The van der Waals surface area contributed by atoms with E-state index < -0.39 is 61.9 Å². The number of aliphatic hydroxyl groups excluding tert-OH is 7. The molecule has 11 nitrogen and oxygen atoms in total. The van der Waals surface area contributed by atoms with E-state index in [0.717, 1.165) is 6.42 Å². The molecule has 35 heavy (non-hydrogen) atoms. The molecular weight excluding hydrogens is 464 g/mol. The molecular formula is C24H42O11. The first-order chi connectivity index (χ1) is 16.4. The van der Waals surface area contributed by atoms with Crippen molar-refractivity contribution in [1.82, 2.24) is 0 Å². The van der Waals surface area contributed by atoms with Crippen molar-refractivity contribution in [3.63, 3.8) is 0 Å². The summed E-state index contributed by atoms with van der Waals surface area (Å²) in [5, 5.41) is 70.2. The van der Waals surface area contributed by atoms with Crippen molar-refractivity contribution in [3.8, 4) is 0 Å². The number of hydrogen-bond donors (Lipinski definition) is 7. The van der Waals surface area contributed by atoms with Crippen molar-refractivity contribution in [2.24, 2.45) is 5.41 Å². The molecule has 2 heterocycles.